The maximum absolute atomic E-state index is 11.4. The van der Waals surface area contributed by atoms with Gasteiger partial charge in [0.2, 0.25) is 0 Å². The molecule has 1 aliphatic heterocycles. The van der Waals surface area contributed by atoms with Crippen LogP contribution in [-0.2, 0) is 11.3 Å². The third kappa shape index (κ3) is 2.81. The number of aryl methyl sites for hydroxylation is 1. The highest BCUT2D eigenvalue weighted by Gasteiger charge is 2.39. The number of aromatic nitrogens is 2. The summed E-state index contributed by atoms with van der Waals surface area (Å²) in [5, 5.41) is 13.7. The SMILES string of the molecule is CCn1cc(C(C)N2CCCC(C)(C(=O)O)C2)cn1. The molecule has 1 aliphatic rings. The van der Waals surface area contributed by atoms with Gasteiger partial charge in [0.15, 0.2) is 0 Å². The van der Waals surface area contributed by atoms with Gasteiger partial charge in [0, 0.05) is 30.9 Å². The van der Waals surface area contributed by atoms with Gasteiger partial charge in [-0.25, -0.2) is 0 Å². The lowest BCUT2D eigenvalue weighted by Crippen LogP contribution is -2.46. The molecule has 2 unspecified atom stereocenters. The van der Waals surface area contributed by atoms with Crippen molar-refractivity contribution < 1.29 is 9.90 Å². The van der Waals surface area contributed by atoms with Crippen LogP contribution < -0.4 is 0 Å². The summed E-state index contributed by atoms with van der Waals surface area (Å²) >= 11 is 0. The van der Waals surface area contributed by atoms with Gasteiger partial charge in [-0.1, -0.05) is 0 Å². The Hall–Kier alpha value is -1.36. The van der Waals surface area contributed by atoms with Crippen LogP contribution in [0.4, 0.5) is 0 Å². The predicted molar refractivity (Wildman–Crippen MR) is 72.9 cm³/mol. The van der Waals surface area contributed by atoms with Gasteiger partial charge >= 0.3 is 5.97 Å². The van der Waals surface area contributed by atoms with Crippen molar-refractivity contribution in [2.24, 2.45) is 5.41 Å². The van der Waals surface area contributed by atoms with E-state index >= 15 is 0 Å². The third-order valence-corrected chi connectivity index (χ3v) is 4.25. The Morgan fingerprint density at radius 1 is 1.63 bits per heavy atom. The van der Waals surface area contributed by atoms with E-state index in [9.17, 15) is 9.90 Å². The van der Waals surface area contributed by atoms with Crippen LogP contribution in [-0.4, -0.2) is 38.8 Å². The van der Waals surface area contributed by atoms with Gasteiger partial charge in [-0.3, -0.25) is 14.4 Å². The monoisotopic (exact) mass is 265 g/mol. The standard InChI is InChI=1S/C14H23N3O2/c1-4-17-9-12(8-15-17)11(2)16-7-5-6-14(3,10-16)13(18)19/h8-9,11H,4-7,10H2,1-3H3,(H,18,19). The molecule has 0 bridgehead atoms. The van der Waals surface area contributed by atoms with Crippen LogP contribution >= 0.6 is 0 Å². The maximum atomic E-state index is 11.4. The lowest BCUT2D eigenvalue weighted by atomic mass is 9.81. The second-order valence-electron chi connectivity index (χ2n) is 5.75. The molecule has 0 amide bonds. The molecule has 0 spiro atoms. The fourth-order valence-corrected chi connectivity index (χ4v) is 2.76. The van der Waals surface area contributed by atoms with Crippen LogP contribution in [0.5, 0.6) is 0 Å². The molecule has 0 aliphatic carbocycles. The number of aliphatic carboxylic acids is 1. The second-order valence-corrected chi connectivity index (χ2v) is 5.75. The fraction of sp³-hybridized carbons (Fsp3) is 0.714. The molecular formula is C14H23N3O2. The molecule has 1 N–H and O–H groups in total. The van der Waals surface area contributed by atoms with Crippen LogP contribution in [0.25, 0.3) is 0 Å². The predicted octanol–water partition coefficient (Wildman–Crippen LogP) is 2.15. The molecule has 2 heterocycles. The van der Waals surface area contributed by atoms with Crippen molar-refractivity contribution in [3.05, 3.63) is 18.0 Å². The number of piperidine rings is 1. The van der Waals surface area contributed by atoms with Crippen molar-refractivity contribution in [3.8, 4) is 0 Å². The first-order chi connectivity index (χ1) is 8.96. The second kappa shape index (κ2) is 5.33. The van der Waals surface area contributed by atoms with Crippen molar-refractivity contribution in [1.29, 1.82) is 0 Å². The Balaban J connectivity index is 2.10. The Morgan fingerprint density at radius 2 is 2.37 bits per heavy atom. The van der Waals surface area contributed by atoms with Gasteiger partial charge in [0.1, 0.15) is 0 Å². The van der Waals surface area contributed by atoms with Crippen LogP contribution in [0, 0.1) is 5.41 Å². The Bertz CT molecular complexity index is 457. The van der Waals surface area contributed by atoms with Gasteiger partial charge in [0.25, 0.3) is 0 Å². The molecule has 5 nitrogen and oxygen atoms in total. The molecule has 1 saturated heterocycles. The quantitative estimate of drug-likeness (QED) is 0.906. The molecule has 0 radical (unpaired) electrons. The first-order valence-electron chi connectivity index (χ1n) is 6.96. The van der Waals surface area contributed by atoms with E-state index in [2.05, 4.69) is 30.0 Å². The molecule has 2 rings (SSSR count). The first kappa shape index (κ1) is 14.1. The maximum Gasteiger partial charge on any atom is 0.310 e. The van der Waals surface area contributed by atoms with Gasteiger partial charge in [-0.05, 0) is 40.2 Å². The topological polar surface area (TPSA) is 58.4 Å². The summed E-state index contributed by atoms with van der Waals surface area (Å²) in [6.45, 7) is 8.47. The Labute approximate surface area is 114 Å². The highest BCUT2D eigenvalue weighted by Crippen LogP contribution is 2.34. The van der Waals surface area contributed by atoms with E-state index in [1.807, 2.05) is 17.8 Å². The lowest BCUT2D eigenvalue weighted by molar-refractivity contribution is -0.151. The largest absolute Gasteiger partial charge is 0.481 e. The van der Waals surface area contributed by atoms with Crippen LogP contribution in [0.15, 0.2) is 12.4 Å². The van der Waals surface area contributed by atoms with Gasteiger partial charge in [-0.15, -0.1) is 0 Å². The fourth-order valence-electron chi connectivity index (χ4n) is 2.76. The van der Waals surface area contributed by atoms with Crippen molar-refractivity contribution in [3.63, 3.8) is 0 Å². The van der Waals surface area contributed by atoms with Gasteiger partial charge in [0.05, 0.1) is 11.6 Å². The molecule has 5 heteroatoms. The number of carboxylic acid groups (broad SMARTS) is 1. The van der Waals surface area contributed by atoms with E-state index in [-0.39, 0.29) is 6.04 Å². The van der Waals surface area contributed by atoms with E-state index in [0.717, 1.165) is 31.5 Å². The Morgan fingerprint density at radius 3 is 2.95 bits per heavy atom. The molecule has 1 aromatic rings. The summed E-state index contributed by atoms with van der Waals surface area (Å²) in [4.78, 5) is 13.6. The van der Waals surface area contributed by atoms with Crippen LogP contribution in [0.3, 0.4) is 0 Å². The van der Waals surface area contributed by atoms with E-state index in [0.29, 0.717) is 6.54 Å². The summed E-state index contributed by atoms with van der Waals surface area (Å²) in [5.41, 5.74) is 0.546. The lowest BCUT2D eigenvalue weighted by Gasteiger charge is -2.40. The average molecular weight is 265 g/mol. The van der Waals surface area contributed by atoms with Crippen molar-refractivity contribution in [1.82, 2.24) is 14.7 Å². The minimum atomic E-state index is -0.686. The highest BCUT2D eigenvalue weighted by atomic mass is 16.4. The molecule has 2 atom stereocenters. The number of carbonyl (C=O) groups is 1. The normalized spacial score (nSPS) is 26.3. The number of rotatable bonds is 4. The molecule has 0 saturated carbocycles. The van der Waals surface area contributed by atoms with E-state index < -0.39 is 11.4 Å². The molecular weight excluding hydrogens is 242 g/mol. The molecule has 1 aromatic heterocycles. The summed E-state index contributed by atoms with van der Waals surface area (Å²) in [5.74, 6) is -0.686. The molecule has 106 valence electrons. The van der Waals surface area contributed by atoms with Crippen molar-refractivity contribution in [2.75, 3.05) is 13.1 Å². The average Bonchev–Trinajstić information content (AvgIpc) is 2.86. The molecule has 1 fully saturated rings. The zero-order valence-corrected chi connectivity index (χ0v) is 12.0. The van der Waals surface area contributed by atoms with Crippen LogP contribution in [0.2, 0.25) is 0 Å². The van der Waals surface area contributed by atoms with Gasteiger partial charge in [-0.2, -0.15) is 5.10 Å². The smallest absolute Gasteiger partial charge is 0.310 e. The molecule has 0 aromatic carbocycles. The minimum absolute atomic E-state index is 0.222. The van der Waals surface area contributed by atoms with E-state index in [1.54, 1.807) is 0 Å². The third-order valence-electron chi connectivity index (χ3n) is 4.25. The first-order valence-corrected chi connectivity index (χ1v) is 6.96. The summed E-state index contributed by atoms with van der Waals surface area (Å²) < 4.78 is 1.91. The Kier molecular flexibility index (Phi) is 3.94. The number of likely N-dealkylation sites (tertiary alicyclic amines) is 1. The van der Waals surface area contributed by atoms with E-state index in [4.69, 9.17) is 0 Å². The highest BCUT2D eigenvalue weighted by molar-refractivity contribution is 5.74. The van der Waals surface area contributed by atoms with Crippen molar-refractivity contribution in [2.45, 2.75) is 46.2 Å². The zero-order chi connectivity index (χ0) is 14.0. The summed E-state index contributed by atoms with van der Waals surface area (Å²) in [6.07, 6.45) is 5.65. The van der Waals surface area contributed by atoms with Crippen LogP contribution in [0.1, 0.15) is 45.2 Å². The molecule has 19 heavy (non-hydrogen) atoms. The number of hydrogen-bond donors (Lipinski definition) is 1. The number of carboxylic acids is 1. The van der Waals surface area contributed by atoms with Crippen molar-refractivity contribution >= 4 is 5.97 Å². The minimum Gasteiger partial charge on any atom is -0.481 e. The number of nitrogens with zero attached hydrogens (tertiary/aromatic N) is 3. The number of hydrogen-bond acceptors (Lipinski definition) is 3. The van der Waals surface area contributed by atoms with E-state index in [1.165, 1.54) is 0 Å². The summed E-state index contributed by atoms with van der Waals surface area (Å²) in [7, 11) is 0. The van der Waals surface area contributed by atoms with Gasteiger partial charge < -0.3 is 5.11 Å². The zero-order valence-electron chi connectivity index (χ0n) is 12.0. The summed E-state index contributed by atoms with van der Waals surface area (Å²) in [6, 6.07) is 0.222.